The third kappa shape index (κ3) is 13.0. The molecule has 4 atom stereocenters. The van der Waals surface area contributed by atoms with Crippen LogP contribution in [0.2, 0.25) is 20.1 Å². The number of carbonyl (C=O) groups is 4. The lowest BCUT2D eigenvalue weighted by Crippen LogP contribution is -2.47. The summed E-state index contributed by atoms with van der Waals surface area (Å²) < 4.78 is 34.7. The number of nitrogens with one attached hydrogen (secondary N) is 2. The molecule has 3 N–H and O–H groups in total. The third-order valence-electron chi connectivity index (χ3n) is 15.3. The second-order valence-electron chi connectivity index (χ2n) is 22.9. The van der Waals surface area contributed by atoms with Crippen LogP contribution in [0.5, 0.6) is 23.0 Å². The van der Waals surface area contributed by atoms with Crippen LogP contribution in [0.4, 0.5) is 21.5 Å². The molecule has 3 aliphatic heterocycles. The normalized spacial score (nSPS) is 17.8. The minimum atomic E-state index is -0.944. The Bertz CT molecular complexity index is 3710. The maximum absolute atomic E-state index is 14.4. The molecule has 0 unspecified atom stereocenters. The molecular formula is C62H65Cl4N9O11. The Morgan fingerprint density at radius 3 is 1.58 bits per heavy atom. The zero-order valence-corrected chi connectivity index (χ0v) is 51.7. The highest BCUT2D eigenvalue weighted by molar-refractivity contribution is 6.42. The Balaban J connectivity index is 0.778. The minimum absolute atomic E-state index is 0.0550. The molecule has 0 radical (unpaired) electrons. The molecule has 4 amide bonds. The number of anilines is 2. The molecule has 0 saturated carbocycles. The summed E-state index contributed by atoms with van der Waals surface area (Å²) >= 11 is 27.5. The number of aliphatic hydroxyl groups is 1. The summed E-state index contributed by atoms with van der Waals surface area (Å²) in [7, 11) is 4.53. The summed E-state index contributed by atoms with van der Waals surface area (Å²) in [5.41, 5.74) is 2.66. The molecule has 3 aliphatic rings. The lowest BCUT2D eigenvalue weighted by atomic mass is 10.0. The largest absolute Gasteiger partial charge is 0.495 e. The monoisotopic (exact) mass is 1250 g/mol. The predicted molar refractivity (Wildman–Crippen MR) is 330 cm³/mol. The van der Waals surface area contributed by atoms with Crippen molar-refractivity contribution in [3.05, 3.63) is 116 Å². The molecule has 7 aromatic rings. The number of carbonyl (C=O) groups excluding carboxylic acids is 4. The maximum Gasteiger partial charge on any atom is 0.410 e. The number of fused-ring (bicyclic) bond motifs is 3. The van der Waals surface area contributed by atoms with Crippen LogP contribution < -0.4 is 29.6 Å². The molecule has 5 aromatic carbocycles. The number of halogens is 4. The van der Waals surface area contributed by atoms with Crippen molar-refractivity contribution in [2.75, 3.05) is 64.8 Å². The standard InChI is InChI=1S/C62H65Cl4N9O11/c1-61(2,3)85-59(79)74-30-38(24-40(74)32-76)70-58-68-28-36-22-34(16-18-44(36)72-58)50-53(65)47(83-8)26-48(54(50)66)84-20-12-11-19-62(4,5)86-60(80)73-29-37(23-39(73)31-75-55(77)41-13-9-10-14-42(41)56(75)78)69-57-67-27-35-21-33(15-17-43(35)71-57)49-51(63)45(81-6)25-46(82-7)52(49)64/h9-10,13-18,21-22,25-28,37-40,76H,11-12,19-20,23-24,29-32H2,1-8H3,(H,67,69,71)(H,68,70,72)/t37-,38-,39-,40-/m0/s1. The number of ether oxygens (including phenoxy) is 6. The molecule has 86 heavy (non-hydrogen) atoms. The zero-order chi connectivity index (χ0) is 61.4. The van der Waals surface area contributed by atoms with Crippen molar-refractivity contribution in [3.8, 4) is 45.3 Å². The Kier molecular flexibility index (Phi) is 18.1. The molecule has 10 rings (SSSR count). The number of unbranched alkanes of at least 4 members (excludes halogenated alkanes) is 1. The summed E-state index contributed by atoms with van der Waals surface area (Å²) in [6.07, 6.45) is 4.72. The SMILES string of the molecule is COc1cc(OC)c(Cl)c(-c2ccc3nc(N[C@H]4C[C@@H](CN5C(=O)c6ccccc6C5=O)N(C(=O)OC(C)(C)CCCCOc5cc(OC)c(Cl)c(-c6ccc7nc(N[C@H]8C[C@@H](CO)N(C(=O)OC(C)(C)C)C8)ncc7c6)c5Cl)C4)ncc3c2)c1Cl. The topological polar surface area (TPSA) is 229 Å². The lowest BCUT2D eigenvalue weighted by Gasteiger charge is -2.32. The number of hydrogen-bond donors (Lipinski definition) is 3. The van der Waals surface area contributed by atoms with Crippen LogP contribution in [-0.2, 0) is 9.47 Å². The number of methoxy groups -OCH3 is 3. The summed E-state index contributed by atoms with van der Waals surface area (Å²) in [5, 5.41) is 19.3. The first-order valence-corrected chi connectivity index (χ1v) is 29.5. The molecular weight excluding hydrogens is 1190 g/mol. The van der Waals surface area contributed by atoms with Gasteiger partial charge in [0.2, 0.25) is 11.9 Å². The van der Waals surface area contributed by atoms with Gasteiger partial charge in [0.1, 0.15) is 34.2 Å². The van der Waals surface area contributed by atoms with E-state index in [0.29, 0.717) is 139 Å². The van der Waals surface area contributed by atoms with Crippen LogP contribution in [0.25, 0.3) is 44.1 Å². The van der Waals surface area contributed by atoms with Crippen LogP contribution in [-0.4, -0.2) is 153 Å². The van der Waals surface area contributed by atoms with Gasteiger partial charge in [-0.25, -0.2) is 29.5 Å². The molecule has 2 saturated heterocycles. The van der Waals surface area contributed by atoms with Gasteiger partial charge in [0.05, 0.1) is 88.9 Å². The number of amides is 4. The van der Waals surface area contributed by atoms with E-state index in [0.717, 1.165) is 0 Å². The third-order valence-corrected chi connectivity index (χ3v) is 16.8. The van der Waals surface area contributed by atoms with Crippen molar-refractivity contribution in [2.24, 2.45) is 0 Å². The van der Waals surface area contributed by atoms with Crippen molar-refractivity contribution in [1.29, 1.82) is 0 Å². The van der Waals surface area contributed by atoms with Crippen LogP contribution in [0.3, 0.4) is 0 Å². The number of hydrogen-bond acceptors (Lipinski definition) is 17. The van der Waals surface area contributed by atoms with Crippen molar-refractivity contribution >= 4 is 104 Å². The molecule has 0 spiro atoms. The summed E-state index contributed by atoms with van der Waals surface area (Å²) in [4.78, 5) is 77.5. The van der Waals surface area contributed by atoms with Gasteiger partial charge in [0.15, 0.2) is 0 Å². The van der Waals surface area contributed by atoms with Crippen molar-refractivity contribution < 1.29 is 52.7 Å². The van der Waals surface area contributed by atoms with E-state index in [2.05, 4.69) is 20.6 Å². The first-order valence-electron chi connectivity index (χ1n) is 28.0. The molecule has 0 aliphatic carbocycles. The van der Waals surface area contributed by atoms with Gasteiger partial charge in [0, 0.05) is 78.1 Å². The fourth-order valence-electron chi connectivity index (χ4n) is 11.1. The van der Waals surface area contributed by atoms with Crippen molar-refractivity contribution in [3.63, 3.8) is 0 Å². The van der Waals surface area contributed by atoms with E-state index in [-0.39, 0.29) is 42.4 Å². The summed E-state index contributed by atoms with van der Waals surface area (Å²) in [6, 6.07) is 19.4. The molecule has 452 valence electrons. The van der Waals surface area contributed by atoms with E-state index < -0.39 is 53.3 Å². The molecule has 5 heterocycles. The molecule has 2 aromatic heterocycles. The van der Waals surface area contributed by atoms with E-state index >= 15 is 0 Å². The van der Waals surface area contributed by atoms with Crippen molar-refractivity contribution in [2.45, 2.75) is 102 Å². The van der Waals surface area contributed by atoms with Gasteiger partial charge in [-0.1, -0.05) is 70.7 Å². The van der Waals surface area contributed by atoms with Crippen LogP contribution in [0.1, 0.15) is 87.4 Å². The number of nitrogens with zero attached hydrogens (tertiary/aromatic N) is 7. The fourth-order valence-corrected chi connectivity index (χ4v) is 12.5. The Labute approximate surface area is 517 Å². The van der Waals surface area contributed by atoms with Gasteiger partial charge >= 0.3 is 12.2 Å². The van der Waals surface area contributed by atoms with Gasteiger partial charge in [0.25, 0.3) is 11.8 Å². The number of aromatic nitrogens is 4. The van der Waals surface area contributed by atoms with E-state index in [1.54, 1.807) is 74.5 Å². The van der Waals surface area contributed by atoms with Gasteiger partial charge < -0.3 is 54.0 Å². The molecule has 0 bridgehead atoms. The molecule has 20 nitrogen and oxygen atoms in total. The number of rotatable bonds is 19. The highest BCUT2D eigenvalue weighted by Gasteiger charge is 2.44. The highest BCUT2D eigenvalue weighted by Crippen LogP contribution is 2.48. The van der Waals surface area contributed by atoms with Crippen LogP contribution in [0, 0.1) is 0 Å². The Morgan fingerprint density at radius 1 is 0.628 bits per heavy atom. The number of benzene rings is 5. The smallest absolute Gasteiger partial charge is 0.410 e. The second kappa shape index (κ2) is 25.4. The number of imide groups is 1. The Morgan fingerprint density at radius 2 is 1.09 bits per heavy atom. The number of aliphatic hydroxyl groups excluding tert-OH is 1. The maximum atomic E-state index is 14.4. The van der Waals surface area contributed by atoms with Gasteiger partial charge in [-0.2, -0.15) is 0 Å². The van der Waals surface area contributed by atoms with E-state index in [1.165, 1.54) is 31.1 Å². The van der Waals surface area contributed by atoms with E-state index in [9.17, 15) is 24.3 Å². The lowest BCUT2D eigenvalue weighted by molar-refractivity contribution is 0.00242. The van der Waals surface area contributed by atoms with Crippen LogP contribution in [0.15, 0.2) is 85.2 Å². The number of likely N-dealkylation sites (tertiary alicyclic amines) is 2. The first kappa shape index (κ1) is 61.5. The summed E-state index contributed by atoms with van der Waals surface area (Å²) in [6.45, 7) is 9.53. The van der Waals surface area contributed by atoms with Gasteiger partial charge in [-0.3, -0.25) is 14.5 Å². The average Bonchev–Trinajstić information content (AvgIpc) is 1.48. The van der Waals surface area contributed by atoms with Gasteiger partial charge in [-0.05, 0) is 114 Å². The molecule has 24 heteroatoms. The minimum Gasteiger partial charge on any atom is -0.495 e. The second-order valence-corrected chi connectivity index (χ2v) is 24.4. The fraction of sp³-hybridized carbons (Fsp3) is 0.387. The summed E-state index contributed by atoms with van der Waals surface area (Å²) in [5.74, 6) is 1.33. The van der Waals surface area contributed by atoms with Crippen LogP contribution >= 0.6 is 46.4 Å². The van der Waals surface area contributed by atoms with Crippen molar-refractivity contribution in [1.82, 2.24) is 34.6 Å². The highest BCUT2D eigenvalue weighted by atomic mass is 35.5. The van der Waals surface area contributed by atoms with Gasteiger partial charge in [-0.15, -0.1) is 0 Å². The Hall–Kier alpha value is -7.62. The quantitative estimate of drug-likeness (QED) is 0.0505. The molecule has 2 fully saturated rings. The van der Waals surface area contributed by atoms with E-state index in [1.807, 2.05) is 50.2 Å². The first-order chi connectivity index (χ1) is 41.1. The van der Waals surface area contributed by atoms with E-state index in [4.69, 9.17) is 84.8 Å². The average molecular weight is 1250 g/mol. The predicted octanol–water partition coefficient (Wildman–Crippen LogP) is 12.6. The zero-order valence-electron chi connectivity index (χ0n) is 48.6.